The maximum absolute atomic E-state index is 12.1. The van der Waals surface area contributed by atoms with E-state index in [-0.39, 0.29) is 17.2 Å². The lowest BCUT2D eigenvalue weighted by molar-refractivity contribution is -0.153. The Morgan fingerprint density at radius 3 is 2.37 bits per heavy atom. The van der Waals surface area contributed by atoms with Crippen LogP contribution in [0.4, 0.5) is 0 Å². The lowest BCUT2D eigenvalue weighted by Gasteiger charge is -2.37. The molecule has 1 spiro atoms. The highest BCUT2D eigenvalue weighted by atomic mass is 16.5. The number of likely N-dealkylation sites (tertiary alicyclic amines) is 1. The number of piperidine rings is 1. The number of hydrogen-bond donors (Lipinski definition) is 1. The number of hydrogen-bond acceptors (Lipinski definition) is 4. The summed E-state index contributed by atoms with van der Waals surface area (Å²) in [5.74, 6) is 0.0402. The van der Waals surface area contributed by atoms with Gasteiger partial charge >= 0.3 is 0 Å². The van der Waals surface area contributed by atoms with Crippen LogP contribution in [0.15, 0.2) is 0 Å². The Bertz CT molecular complexity index is 318. The molecule has 108 valence electrons. The summed E-state index contributed by atoms with van der Waals surface area (Å²) in [7, 11) is 1.65. The molecule has 5 nitrogen and oxygen atoms in total. The molecule has 2 fully saturated rings. The molecule has 0 radical (unpaired) electrons. The van der Waals surface area contributed by atoms with E-state index in [1.165, 1.54) is 17.7 Å². The number of ether oxygens (including phenoxy) is 1. The summed E-state index contributed by atoms with van der Waals surface area (Å²) >= 11 is 0. The highest BCUT2D eigenvalue weighted by molar-refractivity contribution is 5.98. The number of nitrogens with one attached hydrogen (secondary N) is 1. The van der Waals surface area contributed by atoms with E-state index in [9.17, 15) is 9.59 Å². The van der Waals surface area contributed by atoms with Crippen LogP contribution in [0.5, 0.6) is 0 Å². The normalized spacial score (nSPS) is 22.5. The maximum Gasteiger partial charge on any atom is 0.229 e. The van der Waals surface area contributed by atoms with Gasteiger partial charge in [-0.25, -0.2) is 0 Å². The Morgan fingerprint density at radius 2 is 1.79 bits per heavy atom. The van der Waals surface area contributed by atoms with Crippen LogP contribution in [0.1, 0.15) is 38.5 Å². The predicted octanol–water partition coefficient (Wildman–Crippen LogP) is 0.932. The summed E-state index contributed by atoms with van der Waals surface area (Å²) in [5, 5.41) is 3.16. The molecule has 2 rings (SSSR count). The molecule has 0 aromatic rings. The van der Waals surface area contributed by atoms with Crippen molar-refractivity contribution in [3.8, 4) is 0 Å². The highest BCUT2D eigenvalue weighted by Crippen LogP contribution is 2.46. The molecule has 1 aliphatic heterocycles. The van der Waals surface area contributed by atoms with Gasteiger partial charge in [0.15, 0.2) is 0 Å². The first-order chi connectivity index (χ1) is 9.17. The number of methoxy groups -OCH3 is 1. The van der Waals surface area contributed by atoms with Crippen molar-refractivity contribution in [1.82, 2.24) is 10.2 Å². The Balaban J connectivity index is 1.79. The summed E-state index contributed by atoms with van der Waals surface area (Å²) in [6, 6.07) is 0. The van der Waals surface area contributed by atoms with E-state index in [0.717, 1.165) is 19.4 Å². The molecule has 2 aliphatic rings. The topological polar surface area (TPSA) is 58.6 Å². The third kappa shape index (κ3) is 3.54. The van der Waals surface area contributed by atoms with Crippen molar-refractivity contribution in [1.29, 1.82) is 0 Å². The number of imide groups is 1. The largest absolute Gasteiger partial charge is 0.383 e. The molecule has 1 saturated carbocycles. The second-order valence-corrected chi connectivity index (χ2v) is 5.74. The summed E-state index contributed by atoms with van der Waals surface area (Å²) in [5.41, 5.74) is 0.00808. The first-order valence-electron chi connectivity index (χ1n) is 7.20. The van der Waals surface area contributed by atoms with E-state index < -0.39 is 0 Å². The van der Waals surface area contributed by atoms with E-state index in [1.807, 2.05) is 0 Å². The summed E-state index contributed by atoms with van der Waals surface area (Å²) in [6.45, 7) is 2.52. The van der Waals surface area contributed by atoms with Crippen molar-refractivity contribution >= 4 is 11.8 Å². The number of nitrogens with zero attached hydrogens (tertiary/aromatic N) is 1. The Labute approximate surface area is 114 Å². The van der Waals surface area contributed by atoms with Gasteiger partial charge in [-0.05, 0) is 18.3 Å². The van der Waals surface area contributed by atoms with Gasteiger partial charge in [-0.3, -0.25) is 14.5 Å². The van der Waals surface area contributed by atoms with Gasteiger partial charge in [0.1, 0.15) is 0 Å². The fourth-order valence-corrected chi connectivity index (χ4v) is 3.25. The van der Waals surface area contributed by atoms with Crippen molar-refractivity contribution in [2.45, 2.75) is 38.5 Å². The van der Waals surface area contributed by atoms with Crippen LogP contribution >= 0.6 is 0 Å². The van der Waals surface area contributed by atoms with Gasteiger partial charge in [0.2, 0.25) is 11.8 Å². The SMILES string of the molecule is COCCNCCN1C(=O)CC2(CCCC2)CC1=O. The van der Waals surface area contributed by atoms with Crippen LogP contribution in [0.25, 0.3) is 0 Å². The molecule has 19 heavy (non-hydrogen) atoms. The van der Waals surface area contributed by atoms with E-state index >= 15 is 0 Å². The predicted molar refractivity (Wildman–Crippen MR) is 71.6 cm³/mol. The van der Waals surface area contributed by atoms with E-state index in [4.69, 9.17) is 4.74 Å². The first-order valence-corrected chi connectivity index (χ1v) is 7.20. The molecular weight excluding hydrogens is 244 g/mol. The summed E-state index contributed by atoms with van der Waals surface area (Å²) in [6.07, 6.45) is 5.56. The van der Waals surface area contributed by atoms with Crippen molar-refractivity contribution < 1.29 is 14.3 Å². The molecular formula is C14H24N2O3. The van der Waals surface area contributed by atoms with Crippen molar-refractivity contribution in [3.63, 3.8) is 0 Å². The number of amides is 2. The Hall–Kier alpha value is -0.940. The van der Waals surface area contributed by atoms with E-state index in [1.54, 1.807) is 7.11 Å². The third-order valence-electron chi connectivity index (χ3n) is 4.31. The lowest BCUT2D eigenvalue weighted by atomic mass is 9.76. The van der Waals surface area contributed by atoms with Crippen molar-refractivity contribution in [2.24, 2.45) is 5.41 Å². The van der Waals surface area contributed by atoms with Gasteiger partial charge in [0.05, 0.1) is 6.61 Å². The van der Waals surface area contributed by atoms with Crippen LogP contribution in [0, 0.1) is 5.41 Å². The quantitative estimate of drug-likeness (QED) is 0.575. The van der Waals surface area contributed by atoms with Crippen molar-refractivity contribution in [2.75, 3.05) is 33.4 Å². The maximum atomic E-state index is 12.1. The third-order valence-corrected chi connectivity index (χ3v) is 4.31. The average molecular weight is 268 g/mol. The molecule has 5 heteroatoms. The van der Waals surface area contributed by atoms with Crippen LogP contribution < -0.4 is 5.32 Å². The van der Waals surface area contributed by atoms with Crippen molar-refractivity contribution in [3.05, 3.63) is 0 Å². The molecule has 0 unspecified atom stereocenters. The van der Waals surface area contributed by atoms with Gasteiger partial charge in [-0.2, -0.15) is 0 Å². The average Bonchev–Trinajstić information content (AvgIpc) is 2.80. The van der Waals surface area contributed by atoms with Gasteiger partial charge < -0.3 is 10.1 Å². The zero-order chi connectivity index (χ0) is 13.7. The van der Waals surface area contributed by atoms with Gasteiger partial charge in [0.25, 0.3) is 0 Å². The zero-order valence-corrected chi connectivity index (χ0v) is 11.7. The lowest BCUT2D eigenvalue weighted by Crippen LogP contribution is -2.49. The molecule has 0 bridgehead atoms. The second kappa shape index (κ2) is 6.48. The molecule has 1 aliphatic carbocycles. The first kappa shape index (κ1) is 14.5. The molecule has 1 N–H and O–H groups in total. The standard InChI is InChI=1S/C14H24N2O3/c1-19-9-7-15-6-8-16-12(17)10-14(11-13(16)18)4-2-3-5-14/h15H,2-11H2,1H3. The molecule has 1 heterocycles. The smallest absolute Gasteiger partial charge is 0.229 e. The van der Waals surface area contributed by atoms with Crippen LogP contribution in [0.2, 0.25) is 0 Å². The summed E-state index contributed by atoms with van der Waals surface area (Å²) < 4.78 is 4.93. The minimum Gasteiger partial charge on any atom is -0.383 e. The fraction of sp³-hybridized carbons (Fsp3) is 0.857. The zero-order valence-electron chi connectivity index (χ0n) is 11.7. The van der Waals surface area contributed by atoms with E-state index in [2.05, 4.69) is 5.32 Å². The molecule has 1 saturated heterocycles. The monoisotopic (exact) mass is 268 g/mol. The molecule has 0 aromatic heterocycles. The highest BCUT2D eigenvalue weighted by Gasteiger charge is 2.44. The van der Waals surface area contributed by atoms with E-state index in [0.29, 0.717) is 32.5 Å². The van der Waals surface area contributed by atoms with Gasteiger partial charge in [-0.15, -0.1) is 0 Å². The minimum absolute atomic E-state index is 0.00808. The number of carbonyl (C=O) groups is 2. The minimum atomic E-state index is 0.00808. The fourth-order valence-electron chi connectivity index (χ4n) is 3.25. The van der Waals surface area contributed by atoms with Gasteiger partial charge in [-0.1, -0.05) is 12.8 Å². The van der Waals surface area contributed by atoms with Crippen LogP contribution in [-0.2, 0) is 14.3 Å². The Morgan fingerprint density at radius 1 is 1.16 bits per heavy atom. The molecule has 0 aromatic carbocycles. The Kier molecular flexibility index (Phi) is 4.93. The number of carbonyl (C=O) groups excluding carboxylic acids is 2. The van der Waals surface area contributed by atoms with Gasteiger partial charge in [0, 0.05) is 39.6 Å². The molecule has 2 amide bonds. The van der Waals surface area contributed by atoms with Crippen LogP contribution in [0.3, 0.4) is 0 Å². The summed E-state index contributed by atoms with van der Waals surface area (Å²) in [4.78, 5) is 25.7. The second-order valence-electron chi connectivity index (χ2n) is 5.74. The number of rotatable bonds is 6. The molecule has 0 atom stereocenters. The van der Waals surface area contributed by atoms with Crippen LogP contribution in [-0.4, -0.2) is 50.1 Å².